The largest absolute Gasteiger partial charge is 0.438 e. The summed E-state index contributed by atoms with van der Waals surface area (Å²) < 4.78 is 31.8. The molecule has 1 aromatic heterocycles. The molecule has 2 aromatic rings. The summed E-state index contributed by atoms with van der Waals surface area (Å²) in [6, 6.07) is 11.0. The van der Waals surface area contributed by atoms with E-state index in [1.54, 1.807) is 0 Å². The summed E-state index contributed by atoms with van der Waals surface area (Å²) in [5.41, 5.74) is 7.79. The van der Waals surface area contributed by atoms with Crippen molar-refractivity contribution in [3.8, 4) is 0 Å². The predicted octanol–water partition coefficient (Wildman–Crippen LogP) is 1.63. The van der Waals surface area contributed by atoms with Crippen LogP contribution in [0.4, 0.5) is 0 Å². The Kier molecular flexibility index (Phi) is 5.98. The molecule has 0 atom stereocenters. The monoisotopic (exact) mass is 391 g/mol. The van der Waals surface area contributed by atoms with E-state index < -0.39 is 15.9 Å². The highest BCUT2D eigenvalue weighted by Crippen LogP contribution is 2.20. The van der Waals surface area contributed by atoms with E-state index in [0.29, 0.717) is 26.2 Å². The van der Waals surface area contributed by atoms with Gasteiger partial charge in [0, 0.05) is 26.2 Å². The van der Waals surface area contributed by atoms with Crippen molar-refractivity contribution in [2.24, 2.45) is 5.73 Å². The second kappa shape index (κ2) is 8.24. The number of hydrogen-bond acceptors (Lipinski definition) is 5. The second-order valence-corrected chi connectivity index (χ2v) is 8.63. The quantitative estimate of drug-likeness (QED) is 0.774. The molecule has 1 aliphatic rings. The van der Waals surface area contributed by atoms with Gasteiger partial charge in [0.2, 0.25) is 5.09 Å². The Bertz CT molecular complexity index is 899. The normalized spacial score (nSPS) is 16.5. The Morgan fingerprint density at radius 3 is 2.44 bits per heavy atom. The lowest BCUT2D eigenvalue weighted by Gasteiger charge is -2.33. The Morgan fingerprint density at radius 1 is 1.11 bits per heavy atom. The van der Waals surface area contributed by atoms with Crippen molar-refractivity contribution in [1.29, 1.82) is 0 Å². The summed E-state index contributed by atoms with van der Waals surface area (Å²) >= 11 is 0. The summed E-state index contributed by atoms with van der Waals surface area (Å²) in [7, 11) is -3.74. The van der Waals surface area contributed by atoms with Crippen LogP contribution in [0, 0.1) is 6.92 Å². The number of furan rings is 1. The number of benzene rings is 1. The molecule has 1 aliphatic heterocycles. The van der Waals surface area contributed by atoms with E-state index in [1.165, 1.54) is 27.6 Å². The number of carbonyl (C=O) groups excluding carboxylic acids is 1. The number of aryl methyl sites for hydroxylation is 2. The maximum atomic E-state index is 12.6. The molecular formula is C19H25N3O4S. The summed E-state index contributed by atoms with van der Waals surface area (Å²) in [6.07, 6.45) is 2.06. The van der Waals surface area contributed by atoms with Crippen LogP contribution >= 0.6 is 0 Å². The fourth-order valence-corrected chi connectivity index (χ4v) is 4.63. The Labute approximate surface area is 159 Å². The third kappa shape index (κ3) is 4.58. The van der Waals surface area contributed by atoms with Crippen molar-refractivity contribution in [2.45, 2.75) is 24.9 Å². The number of piperazine rings is 1. The zero-order valence-corrected chi connectivity index (χ0v) is 16.2. The van der Waals surface area contributed by atoms with Crippen molar-refractivity contribution in [3.63, 3.8) is 0 Å². The van der Waals surface area contributed by atoms with Crippen molar-refractivity contribution >= 4 is 15.9 Å². The molecule has 0 radical (unpaired) electrons. The van der Waals surface area contributed by atoms with Crippen LogP contribution in [0.5, 0.6) is 0 Å². The number of rotatable bonds is 7. The molecule has 1 aromatic carbocycles. The number of hydrogen-bond donors (Lipinski definition) is 1. The molecule has 0 saturated carbocycles. The molecule has 7 nitrogen and oxygen atoms in total. The van der Waals surface area contributed by atoms with Crippen LogP contribution in [0.25, 0.3) is 0 Å². The minimum atomic E-state index is -3.74. The predicted molar refractivity (Wildman–Crippen MR) is 102 cm³/mol. The van der Waals surface area contributed by atoms with E-state index in [4.69, 9.17) is 10.2 Å². The molecule has 0 spiro atoms. The third-order valence-corrected chi connectivity index (χ3v) is 6.70. The first-order chi connectivity index (χ1) is 12.9. The van der Waals surface area contributed by atoms with Gasteiger partial charge in [-0.15, -0.1) is 0 Å². The summed E-state index contributed by atoms with van der Waals surface area (Å²) in [4.78, 5) is 13.4. The van der Waals surface area contributed by atoms with E-state index in [-0.39, 0.29) is 10.9 Å². The van der Waals surface area contributed by atoms with Gasteiger partial charge in [0.15, 0.2) is 5.76 Å². The zero-order valence-electron chi connectivity index (χ0n) is 15.4. The lowest BCUT2D eigenvalue weighted by molar-refractivity contribution is 0.0968. The van der Waals surface area contributed by atoms with E-state index in [9.17, 15) is 13.2 Å². The van der Waals surface area contributed by atoms with Gasteiger partial charge in [0.1, 0.15) is 0 Å². The van der Waals surface area contributed by atoms with Crippen LogP contribution in [-0.2, 0) is 16.4 Å². The minimum absolute atomic E-state index is 0.150. The highest BCUT2D eigenvalue weighted by molar-refractivity contribution is 7.89. The van der Waals surface area contributed by atoms with Gasteiger partial charge in [0.25, 0.3) is 15.9 Å². The first kappa shape index (κ1) is 19.6. The highest BCUT2D eigenvalue weighted by Gasteiger charge is 2.31. The fourth-order valence-electron chi connectivity index (χ4n) is 3.30. The molecule has 2 N–H and O–H groups in total. The number of sulfonamides is 1. The van der Waals surface area contributed by atoms with Gasteiger partial charge in [0.05, 0.1) is 0 Å². The summed E-state index contributed by atoms with van der Waals surface area (Å²) in [5.74, 6) is -0.932. The molecule has 146 valence electrons. The van der Waals surface area contributed by atoms with E-state index >= 15 is 0 Å². The fraction of sp³-hybridized carbons (Fsp3) is 0.421. The Morgan fingerprint density at radius 2 is 1.81 bits per heavy atom. The van der Waals surface area contributed by atoms with E-state index in [1.807, 2.05) is 6.07 Å². The van der Waals surface area contributed by atoms with Crippen LogP contribution in [0.3, 0.4) is 0 Å². The SMILES string of the molecule is Cc1ccccc1CCCN1CCN(S(=O)(=O)c2ccc(C(N)=O)o2)CC1. The maximum absolute atomic E-state index is 12.6. The van der Waals surface area contributed by atoms with Crippen LogP contribution in [-0.4, -0.2) is 56.3 Å². The van der Waals surface area contributed by atoms with Crippen molar-refractivity contribution in [2.75, 3.05) is 32.7 Å². The van der Waals surface area contributed by atoms with Gasteiger partial charge < -0.3 is 15.1 Å². The molecular weight excluding hydrogens is 366 g/mol. The molecule has 1 saturated heterocycles. The van der Waals surface area contributed by atoms with Gasteiger partial charge >= 0.3 is 0 Å². The van der Waals surface area contributed by atoms with Crippen LogP contribution < -0.4 is 5.73 Å². The van der Waals surface area contributed by atoms with Gasteiger partial charge in [-0.3, -0.25) is 4.79 Å². The maximum Gasteiger partial charge on any atom is 0.284 e. The number of nitrogens with two attached hydrogens (primary N) is 1. The standard InChI is InChI=1S/C19H25N3O4S/c1-15-5-2-3-6-16(15)7-4-10-21-11-13-22(14-12-21)27(24,25)18-9-8-17(26-18)19(20)23/h2-3,5-6,8-9H,4,7,10-14H2,1H3,(H2,20,23). The topological polar surface area (TPSA) is 96.9 Å². The number of carbonyl (C=O) groups is 1. The summed E-state index contributed by atoms with van der Waals surface area (Å²) in [5, 5.41) is -0.232. The minimum Gasteiger partial charge on any atom is -0.438 e. The van der Waals surface area contributed by atoms with Gasteiger partial charge in [-0.25, -0.2) is 8.42 Å². The lowest BCUT2D eigenvalue weighted by Crippen LogP contribution is -2.48. The molecule has 8 heteroatoms. The Hall–Kier alpha value is -2.16. The first-order valence-electron chi connectivity index (χ1n) is 9.04. The number of nitrogens with zero attached hydrogens (tertiary/aromatic N) is 2. The Balaban J connectivity index is 1.50. The highest BCUT2D eigenvalue weighted by atomic mass is 32.2. The second-order valence-electron chi connectivity index (χ2n) is 6.76. The smallest absolute Gasteiger partial charge is 0.284 e. The van der Waals surface area contributed by atoms with Crippen LogP contribution in [0.2, 0.25) is 0 Å². The molecule has 1 amide bonds. The van der Waals surface area contributed by atoms with Gasteiger partial charge in [-0.05, 0) is 49.6 Å². The van der Waals surface area contributed by atoms with Crippen LogP contribution in [0.15, 0.2) is 45.9 Å². The van der Waals surface area contributed by atoms with Crippen LogP contribution in [0.1, 0.15) is 28.1 Å². The summed E-state index contributed by atoms with van der Waals surface area (Å²) in [6.45, 7) is 5.22. The van der Waals surface area contributed by atoms with Crippen molar-refractivity contribution < 1.29 is 17.6 Å². The van der Waals surface area contributed by atoms with Crippen molar-refractivity contribution in [1.82, 2.24) is 9.21 Å². The third-order valence-electron chi connectivity index (χ3n) is 4.93. The number of primary amides is 1. The van der Waals surface area contributed by atoms with E-state index in [2.05, 4.69) is 30.0 Å². The average molecular weight is 391 g/mol. The lowest BCUT2D eigenvalue weighted by atomic mass is 10.0. The first-order valence-corrected chi connectivity index (χ1v) is 10.5. The molecule has 2 heterocycles. The van der Waals surface area contributed by atoms with Gasteiger partial charge in [-0.1, -0.05) is 24.3 Å². The van der Waals surface area contributed by atoms with Gasteiger partial charge in [-0.2, -0.15) is 4.31 Å². The zero-order chi connectivity index (χ0) is 19.4. The van der Waals surface area contributed by atoms with E-state index in [0.717, 1.165) is 19.4 Å². The van der Waals surface area contributed by atoms with Crippen molar-refractivity contribution in [3.05, 3.63) is 53.3 Å². The molecule has 0 unspecified atom stereocenters. The average Bonchev–Trinajstić information content (AvgIpc) is 3.15. The molecule has 0 aliphatic carbocycles. The molecule has 0 bridgehead atoms. The molecule has 27 heavy (non-hydrogen) atoms. The molecule has 1 fully saturated rings. The molecule has 3 rings (SSSR count). The number of amides is 1.